The van der Waals surface area contributed by atoms with Crippen LogP contribution in [0.4, 0.5) is 28.4 Å². The summed E-state index contributed by atoms with van der Waals surface area (Å²) in [7, 11) is 0. The number of nitrogens with zero attached hydrogens (tertiary/aromatic N) is 2. The molecule has 0 N–H and O–H groups in total. The fourth-order valence-corrected chi connectivity index (χ4v) is 11.0. The molecule has 3 heteroatoms. The van der Waals surface area contributed by atoms with Gasteiger partial charge >= 0.3 is 0 Å². The number of allylic oxidation sites excluding steroid dienone is 3. The van der Waals surface area contributed by atoms with E-state index in [4.69, 9.17) is 4.42 Å². The number of para-hydroxylation sites is 4. The van der Waals surface area contributed by atoms with Crippen LogP contribution in [0, 0.1) is 0 Å². The molecule has 3 atom stereocenters. The molecule has 3 nitrogen and oxygen atoms in total. The third kappa shape index (κ3) is 6.73. The van der Waals surface area contributed by atoms with E-state index in [0.29, 0.717) is 5.92 Å². The average molecular weight is 859 g/mol. The van der Waals surface area contributed by atoms with E-state index in [9.17, 15) is 0 Å². The molecule has 0 radical (unpaired) electrons. The number of benzene rings is 9. The second-order valence-electron chi connectivity index (χ2n) is 17.9. The Kier molecular flexibility index (Phi) is 9.45. The van der Waals surface area contributed by atoms with Crippen LogP contribution in [0.3, 0.4) is 0 Å². The van der Waals surface area contributed by atoms with Gasteiger partial charge in [0.15, 0.2) is 0 Å². The summed E-state index contributed by atoms with van der Waals surface area (Å²) >= 11 is 0. The predicted octanol–water partition coefficient (Wildman–Crippen LogP) is 17.3. The lowest BCUT2D eigenvalue weighted by Gasteiger charge is -2.30. The van der Waals surface area contributed by atoms with E-state index in [1.807, 2.05) is 6.07 Å². The summed E-state index contributed by atoms with van der Waals surface area (Å²) in [6.45, 7) is 0. The molecule has 67 heavy (non-hydrogen) atoms. The van der Waals surface area contributed by atoms with Crippen LogP contribution in [-0.2, 0) is 0 Å². The van der Waals surface area contributed by atoms with E-state index >= 15 is 0 Å². The molecule has 1 aromatic heterocycles. The predicted molar refractivity (Wildman–Crippen MR) is 280 cm³/mol. The number of anilines is 5. The zero-order valence-corrected chi connectivity index (χ0v) is 36.9. The monoisotopic (exact) mass is 858 g/mol. The van der Waals surface area contributed by atoms with Crippen LogP contribution in [0.1, 0.15) is 40.5 Å². The molecule has 0 fully saturated rings. The first kappa shape index (κ1) is 39.0. The second-order valence-corrected chi connectivity index (χ2v) is 17.9. The molecule has 10 aromatic rings. The van der Waals surface area contributed by atoms with Crippen LogP contribution in [0.5, 0.6) is 0 Å². The minimum absolute atomic E-state index is 0.248. The third-order valence-electron chi connectivity index (χ3n) is 14.2. The highest BCUT2D eigenvalue weighted by molar-refractivity contribution is 6.09. The zero-order valence-electron chi connectivity index (χ0n) is 36.9. The van der Waals surface area contributed by atoms with Gasteiger partial charge in [0.2, 0.25) is 0 Å². The summed E-state index contributed by atoms with van der Waals surface area (Å²) in [6, 6.07) is 77.8. The Bertz CT molecular complexity index is 3590. The molecule has 3 unspecified atom stereocenters. The van der Waals surface area contributed by atoms with Gasteiger partial charge in [-0.3, -0.25) is 0 Å². The molecule has 0 spiro atoms. The normalized spacial score (nSPS) is 16.8. The Morgan fingerprint density at radius 1 is 0.463 bits per heavy atom. The number of rotatable bonds is 8. The van der Waals surface area contributed by atoms with Crippen molar-refractivity contribution in [2.75, 3.05) is 9.80 Å². The van der Waals surface area contributed by atoms with Gasteiger partial charge in [-0.25, -0.2) is 0 Å². The van der Waals surface area contributed by atoms with Gasteiger partial charge in [0, 0.05) is 62.2 Å². The van der Waals surface area contributed by atoms with Crippen LogP contribution in [0.25, 0.3) is 61.4 Å². The van der Waals surface area contributed by atoms with Gasteiger partial charge < -0.3 is 14.2 Å². The summed E-state index contributed by atoms with van der Waals surface area (Å²) < 4.78 is 6.54. The van der Waals surface area contributed by atoms with Crippen molar-refractivity contribution in [3.05, 3.63) is 265 Å². The van der Waals surface area contributed by atoms with Crippen molar-refractivity contribution in [3.63, 3.8) is 0 Å². The van der Waals surface area contributed by atoms with Crippen molar-refractivity contribution >= 4 is 56.5 Å². The van der Waals surface area contributed by atoms with Crippen LogP contribution in [-0.4, -0.2) is 6.04 Å². The molecule has 0 bridgehead atoms. The zero-order chi connectivity index (χ0) is 44.3. The van der Waals surface area contributed by atoms with Crippen LogP contribution < -0.4 is 9.80 Å². The van der Waals surface area contributed by atoms with Gasteiger partial charge in [-0.2, -0.15) is 0 Å². The van der Waals surface area contributed by atoms with Gasteiger partial charge in [0.05, 0.1) is 6.04 Å². The molecule has 3 aliphatic rings. The van der Waals surface area contributed by atoms with E-state index in [1.165, 1.54) is 55.9 Å². The van der Waals surface area contributed by atoms with E-state index in [0.717, 1.165) is 56.5 Å². The summed E-state index contributed by atoms with van der Waals surface area (Å²) in [5.41, 5.74) is 19.9. The first-order valence-corrected chi connectivity index (χ1v) is 23.4. The summed E-state index contributed by atoms with van der Waals surface area (Å²) in [5.74, 6) is 0.620. The Morgan fingerprint density at radius 3 is 2.00 bits per heavy atom. The molecule has 318 valence electrons. The van der Waals surface area contributed by atoms with E-state index in [-0.39, 0.29) is 12.0 Å². The Hall–Kier alpha value is -8.40. The van der Waals surface area contributed by atoms with Crippen LogP contribution in [0.2, 0.25) is 0 Å². The largest absolute Gasteiger partial charge is 0.455 e. The maximum Gasteiger partial charge on any atom is 0.143 e. The van der Waals surface area contributed by atoms with E-state index in [1.54, 1.807) is 0 Å². The Labute approximate surface area is 391 Å². The molecule has 0 saturated heterocycles. The van der Waals surface area contributed by atoms with Gasteiger partial charge in [-0.05, 0) is 106 Å². The first-order valence-electron chi connectivity index (χ1n) is 23.4. The maximum atomic E-state index is 6.54. The summed E-state index contributed by atoms with van der Waals surface area (Å²) in [5, 5.41) is 2.26. The molecular formula is C64H46N2O. The molecule has 0 amide bonds. The molecule has 0 saturated carbocycles. The second kappa shape index (κ2) is 16.2. The lowest BCUT2D eigenvalue weighted by Crippen LogP contribution is -2.28. The lowest BCUT2D eigenvalue weighted by atomic mass is 9.82. The molecule has 1 aliphatic heterocycles. The van der Waals surface area contributed by atoms with Crippen molar-refractivity contribution in [1.29, 1.82) is 0 Å². The topological polar surface area (TPSA) is 19.6 Å². The standard InChI is InChI=1S/C64H46N2O/c1-2-21-52-45(15-1)16-13-26-53(52)47-17-11-19-50(41-47)65(51-20-12-18-48(42-51)55-27-14-28-59-58-25-6-10-32-63(58)67-64(55)59)49-39-37-44(38-40-49)43-33-35-46(36-34-43)54-22-3-7-29-60(54)66-61-30-8-4-23-56(61)57-24-5-9-31-62(57)66/h1-25,27-42,53,56,61H,26H2. The van der Waals surface area contributed by atoms with Crippen molar-refractivity contribution in [2.24, 2.45) is 0 Å². The molecule has 13 rings (SSSR count). The molecule has 9 aromatic carbocycles. The first-order chi connectivity index (χ1) is 33.2. The van der Waals surface area contributed by atoms with Crippen molar-refractivity contribution in [3.8, 4) is 33.4 Å². The highest BCUT2D eigenvalue weighted by Gasteiger charge is 2.38. The minimum Gasteiger partial charge on any atom is -0.455 e. The van der Waals surface area contributed by atoms with Gasteiger partial charge in [-0.15, -0.1) is 0 Å². The van der Waals surface area contributed by atoms with Gasteiger partial charge in [-0.1, -0.05) is 194 Å². The van der Waals surface area contributed by atoms with E-state index < -0.39 is 0 Å². The summed E-state index contributed by atoms with van der Waals surface area (Å²) in [6.07, 6.45) is 14.6. The van der Waals surface area contributed by atoms with Gasteiger partial charge in [0.1, 0.15) is 11.2 Å². The van der Waals surface area contributed by atoms with Gasteiger partial charge in [0.25, 0.3) is 0 Å². The lowest BCUT2D eigenvalue weighted by molar-refractivity contribution is 0.670. The third-order valence-corrected chi connectivity index (χ3v) is 14.2. The van der Waals surface area contributed by atoms with Crippen molar-refractivity contribution in [2.45, 2.75) is 24.3 Å². The molecular weight excluding hydrogens is 813 g/mol. The van der Waals surface area contributed by atoms with Crippen LogP contribution in [0.15, 0.2) is 247 Å². The molecule has 2 aliphatic carbocycles. The maximum absolute atomic E-state index is 6.54. The van der Waals surface area contributed by atoms with Crippen molar-refractivity contribution in [1.82, 2.24) is 0 Å². The smallest absolute Gasteiger partial charge is 0.143 e. The fourth-order valence-electron chi connectivity index (χ4n) is 11.0. The number of fused-ring (bicyclic) bond motifs is 7. The van der Waals surface area contributed by atoms with Crippen molar-refractivity contribution < 1.29 is 4.42 Å². The number of furan rings is 1. The fraction of sp³-hybridized carbons (Fsp3) is 0.0625. The SMILES string of the molecule is C1=CC2c3ccccc3N(c3ccccc3-c3ccc(-c4ccc(N(c5cccc(-c6cccc7c6oc6ccccc67)c5)c5cccc(C6CC=Cc7ccccc76)c5)cc4)cc3)C2C=C1. The highest BCUT2D eigenvalue weighted by Crippen LogP contribution is 2.50. The Morgan fingerprint density at radius 2 is 1.12 bits per heavy atom. The quantitative estimate of drug-likeness (QED) is 0.152. The average Bonchev–Trinajstić information content (AvgIpc) is 3.95. The highest BCUT2D eigenvalue weighted by atomic mass is 16.3. The molecule has 2 heterocycles. The summed E-state index contributed by atoms with van der Waals surface area (Å²) in [4.78, 5) is 4.93. The van der Waals surface area contributed by atoms with E-state index in [2.05, 4.69) is 253 Å². The Balaban J connectivity index is 0.864. The van der Waals surface area contributed by atoms with Crippen LogP contribution >= 0.6 is 0 Å². The number of hydrogen-bond acceptors (Lipinski definition) is 3. The number of hydrogen-bond donors (Lipinski definition) is 0. The minimum atomic E-state index is 0.248.